The second-order valence-corrected chi connectivity index (χ2v) is 5.25. The Hall–Kier alpha value is -3.08. The predicted molar refractivity (Wildman–Crippen MR) is 87.7 cm³/mol. The van der Waals surface area contributed by atoms with E-state index in [1.807, 2.05) is 37.3 Å². The number of carboxylic acids is 1. The molecule has 0 atom stereocenters. The third-order valence-electron chi connectivity index (χ3n) is 3.67. The normalized spacial score (nSPS) is 10.5. The van der Waals surface area contributed by atoms with Crippen LogP contribution in [0.25, 0.3) is 22.5 Å². The van der Waals surface area contributed by atoms with Crippen molar-refractivity contribution in [2.24, 2.45) is 0 Å². The predicted octanol–water partition coefficient (Wildman–Crippen LogP) is 3.76. The van der Waals surface area contributed by atoms with Crippen LogP contribution in [0.15, 0.2) is 48.5 Å². The number of methoxy groups -OCH3 is 1. The molecule has 0 saturated heterocycles. The summed E-state index contributed by atoms with van der Waals surface area (Å²) in [4.78, 5) is 11.4. The fraction of sp³-hybridized carbons (Fsp3) is 0.111. The highest BCUT2D eigenvalue weighted by molar-refractivity contribution is 5.96. The first-order chi connectivity index (χ1) is 11.1. The first-order valence-corrected chi connectivity index (χ1v) is 7.12. The molecule has 116 valence electrons. The van der Waals surface area contributed by atoms with Gasteiger partial charge in [-0.3, -0.25) is 5.10 Å². The van der Waals surface area contributed by atoms with Crippen LogP contribution in [0.2, 0.25) is 0 Å². The molecule has 3 aromatic rings. The van der Waals surface area contributed by atoms with E-state index in [0.717, 1.165) is 11.3 Å². The topological polar surface area (TPSA) is 75.2 Å². The summed E-state index contributed by atoms with van der Waals surface area (Å²) in [5, 5.41) is 16.6. The van der Waals surface area contributed by atoms with Crippen LogP contribution in [0, 0.1) is 6.92 Å². The van der Waals surface area contributed by atoms with Crippen molar-refractivity contribution in [2.45, 2.75) is 6.92 Å². The number of nitrogens with one attached hydrogen (secondary N) is 1. The number of benzene rings is 2. The Labute approximate surface area is 133 Å². The molecule has 2 N–H and O–H groups in total. The Bertz CT molecular complexity index is 851. The Kier molecular flexibility index (Phi) is 3.85. The van der Waals surface area contributed by atoms with Gasteiger partial charge in [-0.1, -0.05) is 29.8 Å². The van der Waals surface area contributed by atoms with Crippen LogP contribution in [-0.4, -0.2) is 28.4 Å². The van der Waals surface area contributed by atoms with Gasteiger partial charge in [-0.25, -0.2) is 4.79 Å². The number of nitrogens with zero attached hydrogens (tertiary/aromatic N) is 1. The zero-order valence-electron chi connectivity index (χ0n) is 12.8. The third kappa shape index (κ3) is 2.94. The van der Waals surface area contributed by atoms with Crippen LogP contribution >= 0.6 is 0 Å². The number of hydrogen-bond acceptors (Lipinski definition) is 3. The molecule has 5 nitrogen and oxygen atoms in total. The molecule has 0 radical (unpaired) electrons. The van der Waals surface area contributed by atoms with Gasteiger partial charge in [0.05, 0.1) is 24.1 Å². The average molecular weight is 308 g/mol. The molecule has 0 bridgehead atoms. The first kappa shape index (κ1) is 14.8. The minimum atomic E-state index is -0.992. The van der Waals surface area contributed by atoms with Crippen molar-refractivity contribution in [3.05, 3.63) is 59.7 Å². The lowest BCUT2D eigenvalue weighted by atomic mass is 10.0. The lowest BCUT2D eigenvalue weighted by molar-refractivity contribution is 0.0697. The first-order valence-electron chi connectivity index (χ1n) is 7.12. The number of H-pyrrole nitrogens is 1. The number of aryl methyl sites for hydroxylation is 1. The van der Waals surface area contributed by atoms with Gasteiger partial charge in [0.15, 0.2) is 0 Å². The van der Waals surface area contributed by atoms with E-state index in [1.165, 1.54) is 11.6 Å². The summed E-state index contributed by atoms with van der Waals surface area (Å²) in [6.45, 7) is 2.02. The molecular formula is C18H16N2O3. The fourth-order valence-electron chi connectivity index (χ4n) is 2.39. The summed E-state index contributed by atoms with van der Waals surface area (Å²) < 4.78 is 5.19. The monoisotopic (exact) mass is 308 g/mol. The number of ether oxygens (including phenoxy) is 1. The maximum absolute atomic E-state index is 11.4. The quantitative estimate of drug-likeness (QED) is 0.769. The second kappa shape index (κ2) is 5.96. The lowest BCUT2D eigenvalue weighted by Gasteiger charge is -2.06. The molecule has 1 heterocycles. The highest BCUT2D eigenvalue weighted by Crippen LogP contribution is 2.29. The van der Waals surface area contributed by atoms with Crippen molar-refractivity contribution in [2.75, 3.05) is 7.11 Å². The molecular weight excluding hydrogens is 292 g/mol. The van der Waals surface area contributed by atoms with E-state index in [1.54, 1.807) is 19.2 Å². The number of aromatic carboxylic acids is 1. The number of hydrogen-bond donors (Lipinski definition) is 2. The molecule has 0 fully saturated rings. The summed E-state index contributed by atoms with van der Waals surface area (Å²) >= 11 is 0. The molecule has 1 aromatic heterocycles. The number of aromatic amines is 1. The molecule has 0 unspecified atom stereocenters. The van der Waals surface area contributed by atoms with Gasteiger partial charge in [0.2, 0.25) is 0 Å². The molecule has 2 aromatic carbocycles. The highest BCUT2D eigenvalue weighted by Gasteiger charge is 2.15. The van der Waals surface area contributed by atoms with Crippen molar-refractivity contribution in [1.29, 1.82) is 0 Å². The standard InChI is InChI=1S/C18H16N2O3/c1-11-3-5-12(6-4-11)16-10-17(20-19-16)15-9-13(23-2)7-8-14(15)18(21)22/h3-10H,1-2H3,(H,19,20)(H,21,22). The maximum Gasteiger partial charge on any atom is 0.336 e. The molecule has 0 spiro atoms. The zero-order chi connectivity index (χ0) is 16.4. The Morgan fingerprint density at radius 1 is 1.13 bits per heavy atom. The third-order valence-corrected chi connectivity index (χ3v) is 3.67. The minimum Gasteiger partial charge on any atom is -0.497 e. The smallest absolute Gasteiger partial charge is 0.336 e. The molecule has 5 heteroatoms. The van der Waals surface area contributed by atoms with Gasteiger partial charge < -0.3 is 9.84 Å². The van der Waals surface area contributed by atoms with E-state index in [9.17, 15) is 9.90 Å². The van der Waals surface area contributed by atoms with Crippen LogP contribution in [0.3, 0.4) is 0 Å². The molecule has 0 saturated carbocycles. The number of carbonyl (C=O) groups is 1. The van der Waals surface area contributed by atoms with Crippen LogP contribution in [0.4, 0.5) is 0 Å². The summed E-state index contributed by atoms with van der Waals surface area (Å²) in [6, 6.07) is 14.7. The largest absolute Gasteiger partial charge is 0.497 e. The summed E-state index contributed by atoms with van der Waals surface area (Å²) in [5.74, 6) is -0.398. The Morgan fingerprint density at radius 3 is 2.52 bits per heavy atom. The van der Waals surface area contributed by atoms with E-state index in [4.69, 9.17) is 4.74 Å². The SMILES string of the molecule is COc1ccc(C(=O)O)c(-c2cc(-c3ccc(C)cc3)n[nH]2)c1. The van der Waals surface area contributed by atoms with Crippen molar-refractivity contribution in [3.8, 4) is 28.3 Å². The maximum atomic E-state index is 11.4. The van der Waals surface area contributed by atoms with Crippen molar-refractivity contribution in [3.63, 3.8) is 0 Å². The highest BCUT2D eigenvalue weighted by atomic mass is 16.5. The van der Waals surface area contributed by atoms with E-state index in [-0.39, 0.29) is 5.56 Å². The Morgan fingerprint density at radius 2 is 1.87 bits per heavy atom. The van der Waals surface area contributed by atoms with E-state index in [2.05, 4.69) is 10.2 Å². The minimum absolute atomic E-state index is 0.199. The van der Waals surface area contributed by atoms with Gasteiger partial charge in [-0.2, -0.15) is 5.10 Å². The van der Waals surface area contributed by atoms with Gasteiger partial charge in [-0.15, -0.1) is 0 Å². The molecule has 3 rings (SSSR count). The molecule has 0 amide bonds. The molecule has 0 aliphatic rings. The van der Waals surface area contributed by atoms with E-state index >= 15 is 0 Å². The number of rotatable bonds is 4. The number of carboxylic acid groups (broad SMARTS) is 1. The Balaban J connectivity index is 2.06. The summed E-state index contributed by atoms with van der Waals surface area (Å²) in [7, 11) is 1.55. The molecule has 0 aliphatic heterocycles. The summed E-state index contributed by atoms with van der Waals surface area (Å²) in [6.07, 6.45) is 0. The summed E-state index contributed by atoms with van der Waals surface area (Å²) in [5.41, 5.74) is 4.28. The number of aromatic nitrogens is 2. The van der Waals surface area contributed by atoms with Crippen LogP contribution in [0.1, 0.15) is 15.9 Å². The van der Waals surface area contributed by atoms with Crippen molar-refractivity contribution in [1.82, 2.24) is 10.2 Å². The van der Waals surface area contributed by atoms with Gasteiger partial charge in [0, 0.05) is 11.1 Å². The molecule has 0 aliphatic carbocycles. The van der Waals surface area contributed by atoms with E-state index in [0.29, 0.717) is 17.0 Å². The fourth-order valence-corrected chi connectivity index (χ4v) is 2.39. The van der Waals surface area contributed by atoms with E-state index < -0.39 is 5.97 Å². The van der Waals surface area contributed by atoms with Gasteiger partial charge in [0.25, 0.3) is 0 Å². The van der Waals surface area contributed by atoms with Crippen LogP contribution in [0.5, 0.6) is 5.75 Å². The van der Waals surface area contributed by atoms with Crippen molar-refractivity contribution < 1.29 is 14.6 Å². The van der Waals surface area contributed by atoms with Gasteiger partial charge >= 0.3 is 5.97 Å². The van der Waals surface area contributed by atoms with Crippen LogP contribution < -0.4 is 4.74 Å². The van der Waals surface area contributed by atoms with Crippen LogP contribution in [-0.2, 0) is 0 Å². The zero-order valence-corrected chi connectivity index (χ0v) is 12.8. The average Bonchev–Trinajstić information content (AvgIpc) is 3.04. The second-order valence-electron chi connectivity index (χ2n) is 5.25. The van der Waals surface area contributed by atoms with Crippen molar-refractivity contribution >= 4 is 5.97 Å². The van der Waals surface area contributed by atoms with Gasteiger partial charge in [0.1, 0.15) is 5.75 Å². The molecule has 23 heavy (non-hydrogen) atoms. The van der Waals surface area contributed by atoms with Gasteiger partial charge in [-0.05, 0) is 31.2 Å². The lowest BCUT2D eigenvalue weighted by Crippen LogP contribution is -2.00.